The Bertz CT molecular complexity index is 1340. The second-order valence-electron chi connectivity index (χ2n) is 7.97. The smallest absolute Gasteiger partial charge is 0.274 e. The molecule has 0 amide bonds. The first-order valence-corrected chi connectivity index (χ1v) is 10.2. The number of benzene rings is 1. The lowest BCUT2D eigenvalue weighted by molar-refractivity contribution is 0.685. The maximum atomic E-state index is 12.4. The van der Waals surface area contributed by atoms with E-state index in [0.29, 0.717) is 11.3 Å². The Kier molecular flexibility index (Phi) is 4.35. The molecule has 0 unspecified atom stereocenters. The predicted molar refractivity (Wildman–Crippen MR) is 118 cm³/mol. The van der Waals surface area contributed by atoms with Gasteiger partial charge in [-0.25, -0.2) is 4.98 Å². The lowest BCUT2D eigenvalue weighted by Crippen LogP contribution is -2.33. The van der Waals surface area contributed by atoms with E-state index in [1.54, 1.807) is 0 Å². The van der Waals surface area contributed by atoms with Gasteiger partial charge in [0.25, 0.3) is 5.56 Å². The lowest BCUT2D eigenvalue weighted by Gasteiger charge is -2.30. The Balaban J connectivity index is 1.54. The Hall–Kier alpha value is -3.54. The molecule has 4 aromatic rings. The fourth-order valence-electron chi connectivity index (χ4n) is 4.20. The molecule has 6 heteroatoms. The van der Waals surface area contributed by atoms with Crippen LogP contribution in [-0.4, -0.2) is 26.1 Å². The van der Waals surface area contributed by atoms with E-state index in [0.717, 1.165) is 42.1 Å². The lowest BCUT2D eigenvalue weighted by atomic mass is 9.97. The summed E-state index contributed by atoms with van der Waals surface area (Å²) in [5.41, 5.74) is 8.07. The van der Waals surface area contributed by atoms with E-state index >= 15 is 0 Å². The molecule has 1 aliphatic heterocycles. The van der Waals surface area contributed by atoms with Crippen LogP contribution in [-0.2, 0) is 13.0 Å². The van der Waals surface area contributed by atoms with Crippen molar-refractivity contribution in [3.8, 4) is 11.1 Å². The molecule has 6 nitrogen and oxygen atoms in total. The zero-order chi connectivity index (χ0) is 20.8. The third-order valence-corrected chi connectivity index (χ3v) is 5.74. The Morgan fingerprint density at radius 2 is 1.83 bits per heavy atom. The van der Waals surface area contributed by atoms with Crippen molar-refractivity contribution < 1.29 is 0 Å². The fraction of sp³-hybridized carbons (Fsp3) is 0.250. The first kappa shape index (κ1) is 18.5. The van der Waals surface area contributed by atoms with Gasteiger partial charge in [-0.2, -0.15) is 4.52 Å². The molecule has 0 saturated heterocycles. The number of pyridine rings is 1. The van der Waals surface area contributed by atoms with Crippen molar-refractivity contribution in [2.24, 2.45) is 0 Å². The van der Waals surface area contributed by atoms with Crippen LogP contribution in [0.4, 0.5) is 5.82 Å². The minimum Gasteiger partial charge on any atom is -0.350 e. The largest absolute Gasteiger partial charge is 0.350 e. The van der Waals surface area contributed by atoms with Gasteiger partial charge in [-0.15, -0.1) is 5.10 Å². The molecular weight excluding hydrogens is 374 g/mol. The second kappa shape index (κ2) is 7.06. The maximum absolute atomic E-state index is 12.4. The molecule has 5 rings (SSSR count). The monoisotopic (exact) mass is 397 g/mol. The van der Waals surface area contributed by atoms with E-state index in [-0.39, 0.29) is 5.56 Å². The van der Waals surface area contributed by atoms with Gasteiger partial charge in [-0.3, -0.25) is 9.78 Å². The van der Waals surface area contributed by atoms with E-state index in [1.807, 2.05) is 26.1 Å². The third kappa shape index (κ3) is 3.14. The molecule has 3 aromatic heterocycles. The summed E-state index contributed by atoms with van der Waals surface area (Å²) in [4.78, 5) is 23.8. The van der Waals surface area contributed by atoms with Crippen molar-refractivity contribution in [2.75, 3.05) is 11.4 Å². The van der Waals surface area contributed by atoms with Crippen molar-refractivity contribution in [1.29, 1.82) is 0 Å². The molecular formula is C24H23N5O. The zero-order valence-electron chi connectivity index (χ0n) is 17.4. The molecule has 0 aliphatic carbocycles. The Morgan fingerprint density at radius 1 is 1.00 bits per heavy atom. The number of aryl methyl sites for hydroxylation is 3. The number of fused-ring (bicyclic) bond motifs is 2. The molecule has 4 heterocycles. The number of rotatable bonds is 2. The predicted octanol–water partition coefficient (Wildman–Crippen LogP) is 3.64. The van der Waals surface area contributed by atoms with Crippen LogP contribution in [0.5, 0.6) is 0 Å². The van der Waals surface area contributed by atoms with Crippen LogP contribution in [0.15, 0.2) is 53.5 Å². The summed E-state index contributed by atoms with van der Waals surface area (Å²) in [7, 11) is 0. The molecule has 1 aliphatic rings. The second-order valence-corrected chi connectivity index (χ2v) is 7.97. The number of aromatic nitrogens is 4. The average molecular weight is 397 g/mol. The molecule has 1 aromatic carbocycles. The van der Waals surface area contributed by atoms with Gasteiger partial charge in [0.2, 0.25) is 0 Å². The number of anilines is 1. The van der Waals surface area contributed by atoms with Gasteiger partial charge in [0.15, 0.2) is 11.5 Å². The van der Waals surface area contributed by atoms with E-state index in [9.17, 15) is 4.79 Å². The molecule has 0 bridgehead atoms. The summed E-state index contributed by atoms with van der Waals surface area (Å²) < 4.78 is 1.40. The minimum absolute atomic E-state index is 0.153. The highest BCUT2D eigenvalue weighted by Crippen LogP contribution is 2.29. The van der Waals surface area contributed by atoms with Gasteiger partial charge in [0.05, 0.1) is 0 Å². The molecule has 0 radical (unpaired) electrons. The third-order valence-electron chi connectivity index (χ3n) is 5.74. The normalized spacial score (nSPS) is 13.5. The Morgan fingerprint density at radius 3 is 2.67 bits per heavy atom. The van der Waals surface area contributed by atoms with Gasteiger partial charge >= 0.3 is 0 Å². The van der Waals surface area contributed by atoms with E-state index < -0.39 is 0 Å². The summed E-state index contributed by atoms with van der Waals surface area (Å²) in [6.07, 6.45) is 2.83. The maximum Gasteiger partial charge on any atom is 0.274 e. The number of hydrogen-bond acceptors (Lipinski definition) is 5. The van der Waals surface area contributed by atoms with Crippen LogP contribution in [0.25, 0.3) is 16.8 Å². The van der Waals surface area contributed by atoms with Crippen LogP contribution in [0.2, 0.25) is 0 Å². The zero-order valence-corrected chi connectivity index (χ0v) is 17.4. The summed E-state index contributed by atoms with van der Waals surface area (Å²) in [5.74, 6) is 0.821. The highest BCUT2D eigenvalue weighted by atomic mass is 16.1. The molecule has 0 atom stereocenters. The van der Waals surface area contributed by atoms with Gasteiger partial charge in [-0.05, 0) is 55.2 Å². The first-order valence-electron chi connectivity index (χ1n) is 10.2. The first-order chi connectivity index (χ1) is 14.5. The standard InChI is InChI=1S/C24H23N5O/c1-15-6-4-5-7-20(15)18-12-19-14-28(9-8-21(19)25-13-18)24-16(2)10-22-26-17(3)11-23(30)29(22)27-24/h4-7,10-13H,8-9,14H2,1-3H3. The molecule has 0 saturated carbocycles. The van der Waals surface area contributed by atoms with Crippen molar-refractivity contribution in [1.82, 2.24) is 19.6 Å². The van der Waals surface area contributed by atoms with Crippen molar-refractivity contribution >= 4 is 11.5 Å². The van der Waals surface area contributed by atoms with E-state index in [2.05, 4.69) is 52.2 Å². The number of nitrogens with zero attached hydrogens (tertiary/aromatic N) is 5. The van der Waals surface area contributed by atoms with Crippen LogP contribution >= 0.6 is 0 Å². The van der Waals surface area contributed by atoms with E-state index in [1.165, 1.54) is 27.3 Å². The van der Waals surface area contributed by atoms with Crippen molar-refractivity contribution in [3.05, 3.63) is 87.1 Å². The van der Waals surface area contributed by atoms with Gasteiger partial charge in [-0.1, -0.05) is 24.3 Å². The SMILES string of the molecule is Cc1cc(=O)n2nc(N3CCc4ncc(-c5ccccc5C)cc4C3)c(C)cc2n1. The van der Waals surface area contributed by atoms with Crippen LogP contribution in [0.1, 0.15) is 28.1 Å². The summed E-state index contributed by atoms with van der Waals surface area (Å²) in [5, 5.41) is 4.65. The van der Waals surface area contributed by atoms with Crippen LogP contribution < -0.4 is 10.5 Å². The molecule has 0 N–H and O–H groups in total. The summed E-state index contributed by atoms with van der Waals surface area (Å²) >= 11 is 0. The topological polar surface area (TPSA) is 63.4 Å². The number of hydrogen-bond donors (Lipinski definition) is 0. The van der Waals surface area contributed by atoms with Crippen LogP contribution in [0, 0.1) is 20.8 Å². The highest BCUT2D eigenvalue weighted by molar-refractivity contribution is 5.67. The van der Waals surface area contributed by atoms with E-state index in [4.69, 9.17) is 4.98 Å². The summed E-state index contributed by atoms with van der Waals surface area (Å²) in [6, 6.07) is 14.1. The van der Waals surface area contributed by atoms with Gasteiger partial charge in [0.1, 0.15) is 0 Å². The molecule has 0 fully saturated rings. The quantitative estimate of drug-likeness (QED) is 0.517. The average Bonchev–Trinajstić information content (AvgIpc) is 2.73. The molecule has 150 valence electrons. The van der Waals surface area contributed by atoms with Crippen molar-refractivity contribution in [2.45, 2.75) is 33.7 Å². The molecule has 0 spiro atoms. The van der Waals surface area contributed by atoms with Gasteiger partial charge < -0.3 is 4.90 Å². The van der Waals surface area contributed by atoms with Gasteiger partial charge in [0, 0.05) is 48.7 Å². The van der Waals surface area contributed by atoms with Crippen molar-refractivity contribution in [3.63, 3.8) is 0 Å². The minimum atomic E-state index is -0.153. The summed E-state index contributed by atoms with van der Waals surface area (Å²) in [6.45, 7) is 7.50. The Labute approximate surface area is 174 Å². The molecule has 30 heavy (non-hydrogen) atoms. The fourth-order valence-corrected chi connectivity index (χ4v) is 4.20. The highest BCUT2D eigenvalue weighted by Gasteiger charge is 2.22. The van der Waals surface area contributed by atoms with Crippen LogP contribution in [0.3, 0.4) is 0 Å².